The first kappa shape index (κ1) is 26.4. The van der Waals surface area contributed by atoms with Gasteiger partial charge in [-0.25, -0.2) is 0 Å². The van der Waals surface area contributed by atoms with E-state index in [1.807, 2.05) is 19.9 Å². The lowest BCUT2D eigenvalue weighted by Gasteiger charge is -2.26. The van der Waals surface area contributed by atoms with Crippen LogP contribution in [0.1, 0.15) is 29.7 Å². The van der Waals surface area contributed by atoms with Gasteiger partial charge in [-0.3, -0.25) is 14.5 Å². The molecule has 0 aromatic heterocycles. The van der Waals surface area contributed by atoms with Crippen LogP contribution in [0.2, 0.25) is 10.0 Å². The minimum atomic E-state index is -0.992. The number of aryl methyl sites for hydroxylation is 1. The van der Waals surface area contributed by atoms with Gasteiger partial charge in [0.05, 0.1) is 43.0 Å². The largest absolute Gasteiger partial charge is 0.507 e. The van der Waals surface area contributed by atoms with Crippen molar-refractivity contribution in [3.05, 3.63) is 86.9 Å². The molecule has 1 unspecified atom stereocenters. The molecule has 1 atom stereocenters. The van der Waals surface area contributed by atoms with Crippen molar-refractivity contribution in [2.75, 3.05) is 25.7 Å². The number of Topliss-reactive ketones (excluding diaryl/α,β-unsaturated/α-hetero) is 1. The molecule has 7 nitrogen and oxygen atoms in total. The minimum Gasteiger partial charge on any atom is -0.507 e. The van der Waals surface area contributed by atoms with Crippen molar-refractivity contribution in [1.82, 2.24) is 0 Å². The van der Waals surface area contributed by atoms with Gasteiger partial charge in [-0.05, 0) is 61.4 Å². The Balaban J connectivity index is 2.02. The van der Waals surface area contributed by atoms with Gasteiger partial charge in [0.25, 0.3) is 11.7 Å². The van der Waals surface area contributed by atoms with Crippen LogP contribution in [0.25, 0.3) is 5.76 Å². The van der Waals surface area contributed by atoms with Crippen LogP contribution in [0.15, 0.2) is 60.2 Å². The van der Waals surface area contributed by atoms with Crippen molar-refractivity contribution >= 4 is 46.3 Å². The molecule has 9 heteroatoms. The van der Waals surface area contributed by atoms with Crippen molar-refractivity contribution in [3.63, 3.8) is 0 Å². The van der Waals surface area contributed by atoms with E-state index >= 15 is 0 Å². The standard InChI is InChI=1S/C28H25Cl2NO6/c1-5-37-21-10-9-16(12-22(21)35-3)24-23(25(32)19-13-17(29)14-20(30)27(19)36-4)26(33)28(34)31(24)18-8-6-7-15(2)11-18/h6-14,24,32H,5H2,1-4H3/b25-23+. The highest BCUT2D eigenvalue weighted by atomic mass is 35.5. The highest BCUT2D eigenvalue weighted by Gasteiger charge is 2.47. The molecule has 0 saturated carbocycles. The number of aliphatic hydroxyl groups excluding tert-OH is 1. The van der Waals surface area contributed by atoms with E-state index in [0.29, 0.717) is 29.4 Å². The van der Waals surface area contributed by atoms with Crippen molar-refractivity contribution in [1.29, 1.82) is 0 Å². The maximum atomic E-state index is 13.5. The Morgan fingerprint density at radius 3 is 2.41 bits per heavy atom. The number of anilines is 1. The number of benzene rings is 3. The molecule has 0 spiro atoms. The third-order valence-electron chi connectivity index (χ3n) is 6.00. The molecule has 1 saturated heterocycles. The van der Waals surface area contributed by atoms with Crippen LogP contribution in [0, 0.1) is 6.92 Å². The fourth-order valence-electron chi connectivity index (χ4n) is 4.41. The monoisotopic (exact) mass is 541 g/mol. The van der Waals surface area contributed by atoms with E-state index in [0.717, 1.165) is 5.56 Å². The summed E-state index contributed by atoms with van der Waals surface area (Å²) in [4.78, 5) is 28.3. The topological polar surface area (TPSA) is 85.3 Å². The van der Waals surface area contributed by atoms with E-state index in [-0.39, 0.29) is 26.9 Å². The molecule has 1 heterocycles. The maximum Gasteiger partial charge on any atom is 0.300 e. The molecule has 4 rings (SSSR count). The Morgan fingerprint density at radius 1 is 1.00 bits per heavy atom. The Hall–Kier alpha value is -3.68. The third kappa shape index (κ3) is 4.84. The number of carbonyl (C=O) groups excluding carboxylic acids is 2. The number of methoxy groups -OCH3 is 2. The van der Waals surface area contributed by atoms with Crippen LogP contribution in [-0.4, -0.2) is 37.6 Å². The number of hydrogen-bond acceptors (Lipinski definition) is 6. The predicted octanol–water partition coefficient (Wildman–Crippen LogP) is 6.34. The molecule has 3 aromatic carbocycles. The average Bonchev–Trinajstić information content (AvgIpc) is 3.13. The molecule has 1 aliphatic heterocycles. The van der Waals surface area contributed by atoms with Gasteiger partial charge in [0.1, 0.15) is 11.5 Å². The van der Waals surface area contributed by atoms with E-state index < -0.39 is 23.5 Å². The Bertz CT molecular complexity index is 1420. The lowest BCUT2D eigenvalue weighted by molar-refractivity contribution is -0.132. The van der Waals surface area contributed by atoms with Crippen LogP contribution in [0.3, 0.4) is 0 Å². The van der Waals surface area contributed by atoms with Crippen molar-refractivity contribution < 1.29 is 28.9 Å². The van der Waals surface area contributed by atoms with Gasteiger partial charge in [0.15, 0.2) is 11.5 Å². The molecular weight excluding hydrogens is 517 g/mol. The summed E-state index contributed by atoms with van der Waals surface area (Å²) in [5, 5.41) is 11.9. The summed E-state index contributed by atoms with van der Waals surface area (Å²) >= 11 is 12.5. The number of carbonyl (C=O) groups is 2. The lowest BCUT2D eigenvalue weighted by Crippen LogP contribution is -2.29. The van der Waals surface area contributed by atoms with E-state index in [9.17, 15) is 14.7 Å². The van der Waals surface area contributed by atoms with Crippen LogP contribution in [0.5, 0.6) is 17.2 Å². The first-order valence-electron chi connectivity index (χ1n) is 11.4. The summed E-state index contributed by atoms with van der Waals surface area (Å²) in [6.45, 7) is 4.16. The van der Waals surface area contributed by atoms with Gasteiger partial charge >= 0.3 is 0 Å². The number of halogens is 2. The molecule has 1 aliphatic rings. The van der Waals surface area contributed by atoms with Gasteiger partial charge in [-0.1, -0.05) is 41.4 Å². The van der Waals surface area contributed by atoms with Crippen LogP contribution in [0.4, 0.5) is 5.69 Å². The number of nitrogens with zero attached hydrogens (tertiary/aromatic N) is 1. The first-order valence-corrected chi connectivity index (χ1v) is 12.2. The SMILES string of the molecule is CCOc1ccc(C2/C(=C(\O)c3cc(Cl)cc(Cl)c3OC)C(=O)C(=O)N2c2cccc(C)c2)cc1OC. The fraction of sp³-hybridized carbons (Fsp3) is 0.214. The smallest absolute Gasteiger partial charge is 0.300 e. The zero-order chi connectivity index (χ0) is 26.9. The number of ether oxygens (including phenoxy) is 3. The second-order valence-electron chi connectivity index (χ2n) is 8.32. The normalized spacial score (nSPS) is 16.7. The van der Waals surface area contributed by atoms with Crippen molar-refractivity contribution in [2.24, 2.45) is 0 Å². The molecular formula is C28H25Cl2NO6. The van der Waals surface area contributed by atoms with E-state index in [4.69, 9.17) is 37.4 Å². The fourth-order valence-corrected chi connectivity index (χ4v) is 4.98. The van der Waals surface area contributed by atoms with Crippen LogP contribution < -0.4 is 19.1 Å². The Morgan fingerprint density at radius 2 is 1.76 bits per heavy atom. The van der Waals surface area contributed by atoms with Gasteiger partial charge in [0.2, 0.25) is 0 Å². The summed E-state index contributed by atoms with van der Waals surface area (Å²) in [5.74, 6) is -1.09. The second kappa shape index (κ2) is 10.7. The number of ketones is 1. The molecule has 0 radical (unpaired) electrons. The van der Waals surface area contributed by atoms with Crippen LogP contribution >= 0.6 is 23.2 Å². The summed E-state index contributed by atoms with van der Waals surface area (Å²) in [6, 6.07) is 14.2. The first-order chi connectivity index (χ1) is 17.7. The number of hydrogen-bond donors (Lipinski definition) is 1. The Labute approximate surface area is 224 Å². The molecule has 1 amide bonds. The summed E-state index contributed by atoms with van der Waals surface area (Å²) in [5.41, 5.74) is 1.86. The third-order valence-corrected chi connectivity index (χ3v) is 6.49. The zero-order valence-electron chi connectivity index (χ0n) is 20.7. The summed E-state index contributed by atoms with van der Waals surface area (Å²) < 4.78 is 16.5. The van der Waals surface area contributed by atoms with E-state index in [2.05, 4.69) is 0 Å². The molecule has 3 aromatic rings. The summed E-state index contributed by atoms with van der Waals surface area (Å²) in [7, 11) is 2.88. The Kier molecular flexibility index (Phi) is 7.66. The predicted molar refractivity (Wildman–Crippen MR) is 143 cm³/mol. The van der Waals surface area contributed by atoms with Crippen LogP contribution in [-0.2, 0) is 9.59 Å². The number of amides is 1. The number of rotatable bonds is 7. The molecule has 1 N–H and O–H groups in total. The van der Waals surface area contributed by atoms with Gasteiger partial charge < -0.3 is 19.3 Å². The molecule has 1 fully saturated rings. The quantitative estimate of drug-likeness (QED) is 0.213. The number of aliphatic hydroxyl groups is 1. The van der Waals surface area contributed by atoms with Gasteiger partial charge in [-0.15, -0.1) is 0 Å². The van der Waals surface area contributed by atoms with Crippen molar-refractivity contribution in [2.45, 2.75) is 19.9 Å². The maximum absolute atomic E-state index is 13.5. The van der Waals surface area contributed by atoms with E-state index in [1.165, 1.54) is 31.3 Å². The molecule has 0 bridgehead atoms. The highest BCUT2D eigenvalue weighted by molar-refractivity contribution is 6.52. The molecule has 0 aliphatic carbocycles. The second-order valence-corrected chi connectivity index (χ2v) is 9.16. The molecule has 37 heavy (non-hydrogen) atoms. The average molecular weight is 542 g/mol. The van der Waals surface area contributed by atoms with Gasteiger partial charge in [-0.2, -0.15) is 0 Å². The zero-order valence-corrected chi connectivity index (χ0v) is 22.2. The summed E-state index contributed by atoms with van der Waals surface area (Å²) in [6.07, 6.45) is 0. The highest BCUT2D eigenvalue weighted by Crippen LogP contribution is 2.46. The van der Waals surface area contributed by atoms with E-state index in [1.54, 1.807) is 36.4 Å². The molecule has 192 valence electrons. The van der Waals surface area contributed by atoms with Crippen molar-refractivity contribution in [3.8, 4) is 17.2 Å². The van der Waals surface area contributed by atoms with Gasteiger partial charge in [0, 0.05) is 10.7 Å². The minimum absolute atomic E-state index is 0.0881. The lowest BCUT2D eigenvalue weighted by atomic mass is 9.94.